The number of carbonyl (C=O) groups is 3. The minimum absolute atomic E-state index is 0.0602. The van der Waals surface area contributed by atoms with Gasteiger partial charge in [-0.25, -0.2) is 0 Å². The van der Waals surface area contributed by atoms with Crippen molar-refractivity contribution >= 4 is 34.1 Å². The zero-order valence-corrected chi connectivity index (χ0v) is 14.5. The van der Waals surface area contributed by atoms with Crippen LogP contribution in [0.1, 0.15) is 40.1 Å². The van der Waals surface area contributed by atoms with Crippen LogP contribution in [-0.4, -0.2) is 22.9 Å². The van der Waals surface area contributed by atoms with Gasteiger partial charge in [0.15, 0.2) is 0 Å². The second-order valence-corrected chi connectivity index (χ2v) is 8.20. The molecule has 0 spiro atoms. The number of carboxylic acid groups (broad SMARTS) is 1. The van der Waals surface area contributed by atoms with Crippen molar-refractivity contribution in [3.63, 3.8) is 0 Å². The molecule has 4 N–H and O–H groups in total. The van der Waals surface area contributed by atoms with Crippen LogP contribution in [0.4, 0.5) is 5.00 Å². The molecule has 7 heteroatoms. The Kier molecular flexibility index (Phi) is 3.91. The van der Waals surface area contributed by atoms with Crippen molar-refractivity contribution < 1.29 is 19.5 Å². The number of thiophene rings is 1. The van der Waals surface area contributed by atoms with Crippen LogP contribution in [0, 0.1) is 23.7 Å². The first kappa shape index (κ1) is 16.3. The van der Waals surface area contributed by atoms with Crippen LogP contribution in [0.2, 0.25) is 0 Å². The first-order valence-corrected chi connectivity index (χ1v) is 9.45. The van der Waals surface area contributed by atoms with Gasteiger partial charge in [0.1, 0.15) is 5.00 Å². The predicted molar refractivity (Wildman–Crippen MR) is 93.5 cm³/mol. The highest BCUT2D eigenvalue weighted by molar-refractivity contribution is 7.17. The SMILES string of the molecule is NC(=O)c1c(NC(=O)[C@@H]2[C@@H](C(=O)O)[C@H]3C=C[C@@H]2CC3)sc2c1CCC2. The van der Waals surface area contributed by atoms with Crippen LogP contribution in [-0.2, 0) is 22.4 Å². The summed E-state index contributed by atoms with van der Waals surface area (Å²) in [5.41, 5.74) is 6.90. The number of allylic oxidation sites excluding steroid dienone is 2. The number of carbonyl (C=O) groups excluding carboxylic acids is 2. The molecule has 4 aliphatic rings. The van der Waals surface area contributed by atoms with Gasteiger partial charge in [0, 0.05) is 4.88 Å². The average molecular weight is 360 g/mol. The van der Waals surface area contributed by atoms with Crippen molar-refractivity contribution in [1.29, 1.82) is 0 Å². The van der Waals surface area contributed by atoms with Crippen LogP contribution in [0.25, 0.3) is 0 Å². The van der Waals surface area contributed by atoms with E-state index >= 15 is 0 Å². The van der Waals surface area contributed by atoms with Crippen molar-refractivity contribution in [2.75, 3.05) is 5.32 Å². The monoisotopic (exact) mass is 360 g/mol. The predicted octanol–water partition coefficient (Wildman–Crippen LogP) is 2.19. The Balaban J connectivity index is 1.63. The van der Waals surface area contributed by atoms with Crippen LogP contribution >= 0.6 is 11.3 Å². The molecule has 1 aromatic heterocycles. The highest BCUT2D eigenvalue weighted by Crippen LogP contribution is 2.46. The molecule has 0 aromatic carbocycles. The smallest absolute Gasteiger partial charge is 0.307 e. The quantitative estimate of drug-likeness (QED) is 0.715. The summed E-state index contributed by atoms with van der Waals surface area (Å²) in [5.74, 6) is -3.23. The summed E-state index contributed by atoms with van der Waals surface area (Å²) in [6.07, 6.45) is 8.23. The average Bonchev–Trinajstić information content (AvgIpc) is 3.14. The lowest BCUT2D eigenvalue weighted by molar-refractivity contribution is -0.151. The number of anilines is 1. The van der Waals surface area contributed by atoms with Crippen molar-refractivity contribution in [2.45, 2.75) is 32.1 Å². The summed E-state index contributed by atoms with van der Waals surface area (Å²) < 4.78 is 0. The number of aryl methyl sites for hydroxylation is 1. The van der Waals surface area contributed by atoms with Crippen LogP contribution in [0.3, 0.4) is 0 Å². The number of carboxylic acids is 1. The van der Waals surface area contributed by atoms with E-state index in [1.54, 1.807) is 0 Å². The van der Waals surface area contributed by atoms with Crippen LogP contribution < -0.4 is 11.1 Å². The Morgan fingerprint density at radius 3 is 2.40 bits per heavy atom. The number of hydrogen-bond donors (Lipinski definition) is 3. The van der Waals surface area contributed by atoms with Gasteiger partial charge < -0.3 is 16.2 Å². The van der Waals surface area contributed by atoms with Gasteiger partial charge >= 0.3 is 5.97 Å². The maximum Gasteiger partial charge on any atom is 0.307 e. The molecule has 0 unspecified atom stereocenters. The second kappa shape index (κ2) is 5.98. The fraction of sp³-hybridized carbons (Fsp3) is 0.500. The standard InChI is InChI=1S/C18H20N2O4S/c19-15(21)14-10-2-1-3-11(10)25-17(14)20-16(22)12-8-4-6-9(7-5-8)13(12)18(23)24/h4,6,8-9,12-13H,1-3,5,7H2,(H2,19,21)(H,20,22)(H,23,24)/t8-,9+,12+,13+/m1/s1. The number of nitrogens with one attached hydrogen (secondary N) is 1. The summed E-state index contributed by atoms with van der Waals surface area (Å²) in [4.78, 5) is 37.6. The van der Waals surface area contributed by atoms with E-state index in [-0.39, 0.29) is 17.7 Å². The van der Waals surface area contributed by atoms with Gasteiger partial charge in [0.25, 0.3) is 5.91 Å². The van der Waals surface area contributed by atoms with E-state index in [4.69, 9.17) is 5.73 Å². The van der Waals surface area contributed by atoms with Crippen molar-refractivity contribution in [1.82, 2.24) is 0 Å². The third-order valence-corrected chi connectivity index (χ3v) is 6.95. The third-order valence-electron chi connectivity index (χ3n) is 5.74. The lowest BCUT2D eigenvalue weighted by Crippen LogP contribution is -2.47. The van der Waals surface area contributed by atoms with Crippen molar-refractivity contribution in [3.8, 4) is 0 Å². The third kappa shape index (κ3) is 2.57. The molecule has 25 heavy (non-hydrogen) atoms. The van der Waals surface area contributed by atoms with E-state index in [1.165, 1.54) is 11.3 Å². The van der Waals surface area contributed by atoms with Gasteiger partial charge in [-0.1, -0.05) is 12.2 Å². The Bertz CT molecular complexity index is 797. The molecule has 1 saturated carbocycles. The molecule has 1 aromatic rings. The molecule has 1 fully saturated rings. The lowest BCUT2D eigenvalue weighted by atomic mass is 9.62. The molecule has 4 aliphatic carbocycles. The molecule has 1 heterocycles. The van der Waals surface area contributed by atoms with Crippen molar-refractivity contribution in [2.24, 2.45) is 29.4 Å². The van der Waals surface area contributed by atoms with E-state index in [9.17, 15) is 19.5 Å². The zero-order valence-electron chi connectivity index (χ0n) is 13.7. The Morgan fingerprint density at radius 1 is 1.12 bits per heavy atom. The maximum absolute atomic E-state index is 12.9. The number of amides is 2. The highest BCUT2D eigenvalue weighted by Gasteiger charge is 2.48. The molecule has 132 valence electrons. The molecular weight excluding hydrogens is 340 g/mol. The van der Waals surface area contributed by atoms with E-state index in [1.807, 2.05) is 12.2 Å². The second-order valence-electron chi connectivity index (χ2n) is 7.09. The lowest BCUT2D eigenvalue weighted by Gasteiger charge is -2.41. The van der Waals surface area contributed by atoms with E-state index < -0.39 is 23.7 Å². The van der Waals surface area contributed by atoms with Gasteiger partial charge in [-0.15, -0.1) is 11.3 Å². The van der Waals surface area contributed by atoms with E-state index in [0.29, 0.717) is 10.6 Å². The highest BCUT2D eigenvalue weighted by atomic mass is 32.1. The number of nitrogens with two attached hydrogens (primary N) is 1. The molecule has 0 aliphatic heterocycles. The Morgan fingerprint density at radius 2 is 1.80 bits per heavy atom. The molecule has 0 saturated heterocycles. The first-order valence-electron chi connectivity index (χ1n) is 8.63. The number of primary amides is 1. The number of fused-ring (bicyclic) bond motifs is 3. The molecular formula is C18H20N2O4S. The Labute approximate surface area is 149 Å². The zero-order chi connectivity index (χ0) is 17.7. The molecule has 4 atom stereocenters. The first-order chi connectivity index (χ1) is 12.0. The van der Waals surface area contributed by atoms with Crippen molar-refractivity contribution in [3.05, 3.63) is 28.2 Å². The molecule has 2 bridgehead atoms. The van der Waals surface area contributed by atoms with E-state index in [2.05, 4.69) is 5.32 Å². The topological polar surface area (TPSA) is 109 Å². The summed E-state index contributed by atoms with van der Waals surface area (Å²) in [6.45, 7) is 0. The number of hydrogen-bond acceptors (Lipinski definition) is 4. The summed E-state index contributed by atoms with van der Waals surface area (Å²) in [5, 5.41) is 12.9. The van der Waals surface area contributed by atoms with Gasteiger partial charge in [-0.3, -0.25) is 14.4 Å². The Hall–Kier alpha value is -2.15. The molecule has 6 nitrogen and oxygen atoms in total. The van der Waals surface area contributed by atoms with Gasteiger partial charge in [0.2, 0.25) is 5.91 Å². The summed E-state index contributed by atoms with van der Waals surface area (Å²) in [6, 6.07) is 0. The van der Waals surface area contributed by atoms with Crippen LogP contribution in [0.15, 0.2) is 12.2 Å². The van der Waals surface area contributed by atoms with Gasteiger partial charge in [-0.05, 0) is 49.5 Å². The summed E-state index contributed by atoms with van der Waals surface area (Å²) in [7, 11) is 0. The largest absolute Gasteiger partial charge is 0.481 e. The normalized spacial score (nSPS) is 29.4. The van der Waals surface area contributed by atoms with Gasteiger partial charge in [-0.2, -0.15) is 0 Å². The van der Waals surface area contributed by atoms with E-state index in [0.717, 1.165) is 42.5 Å². The minimum Gasteiger partial charge on any atom is -0.481 e. The maximum atomic E-state index is 12.9. The summed E-state index contributed by atoms with van der Waals surface area (Å²) >= 11 is 1.40. The fourth-order valence-corrected chi connectivity index (χ4v) is 5.93. The van der Waals surface area contributed by atoms with Crippen LogP contribution in [0.5, 0.6) is 0 Å². The fourth-order valence-electron chi connectivity index (χ4n) is 4.64. The van der Waals surface area contributed by atoms with Gasteiger partial charge in [0.05, 0.1) is 17.4 Å². The molecule has 2 amide bonds. The molecule has 5 rings (SSSR count). The number of aliphatic carboxylic acids is 1. The number of rotatable bonds is 4. The minimum atomic E-state index is -0.928. The molecule has 0 radical (unpaired) electrons.